The van der Waals surface area contributed by atoms with Crippen molar-refractivity contribution in [3.63, 3.8) is 0 Å². The maximum Gasteiger partial charge on any atom is 0.336 e. The number of fused-ring (bicyclic) bond motifs is 2. The van der Waals surface area contributed by atoms with Gasteiger partial charge in [-0.05, 0) is 142 Å². The Labute approximate surface area is 504 Å². The smallest absolute Gasteiger partial charge is 0.336 e. The Morgan fingerprint density at radius 2 is 1.05 bits per heavy atom. The minimum Gasteiger partial charge on any atom is -0.497 e. The number of hydrogen-bond donors (Lipinski definition) is 7. The highest BCUT2D eigenvalue weighted by Crippen LogP contribution is 2.34. The summed E-state index contributed by atoms with van der Waals surface area (Å²) in [6.07, 6.45) is 3.30. The molecule has 0 bridgehead atoms. The van der Waals surface area contributed by atoms with Crippen molar-refractivity contribution in [1.29, 1.82) is 0 Å². The Balaban J connectivity index is 0.000000231. The minimum absolute atomic E-state index is 0.0325. The number of nitrogens with two attached hydrogens (primary N) is 1. The molecule has 20 heteroatoms. The van der Waals surface area contributed by atoms with Gasteiger partial charge in [0.25, 0.3) is 23.6 Å². The van der Waals surface area contributed by atoms with Gasteiger partial charge >= 0.3 is 5.97 Å². The number of rotatable bonds is 18. The van der Waals surface area contributed by atoms with E-state index in [4.69, 9.17) is 24.7 Å². The zero-order chi connectivity index (χ0) is 62.7. The molecule has 9 rings (SSSR count). The molecule has 448 valence electrons. The lowest BCUT2D eigenvalue weighted by atomic mass is 9.95. The molecule has 4 amide bonds. The maximum atomic E-state index is 13.8. The third-order valence-corrected chi connectivity index (χ3v) is 13.7. The fourth-order valence-electron chi connectivity index (χ4n) is 9.22. The number of carboxylic acid groups (broad SMARTS) is 1. The van der Waals surface area contributed by atoms with Gasteiger partial charge in [0, 0.05) is 100 Å². The van der Waals surface area contributed by atoms with E-state index in [1.165, 1.54) is 38.5 Å². The first-order chi connectivity index (χ1) is 41.5. The van der Waals surface area contributed by atoms with Crippen molar-refractivity contribution in [3.05, 3.63) is 179 Å². The molecule has 87 heavy (non-hydrogen) atoms. The number of aromatic nitrogens is 4. The molecular weight excluding hydrogens is 1100 g/mol. The first kappa shape index (κ1) is 62.4. The number of aromatic carboxylic acids is 1. The number of carbonyl (C=O) groups is 5. The summed E-state index contributed by atoms with van der Waals surface area (Å²) < 4.78 is 21.4. The number of carbonyl (C=O) groups excluding carboxylic acids is 4. The monoisotopic (exact) mass is 1170 g/mol. The second-order valence-corrected chi connectivity index (χ2v) is 22.7. The highest BCUT2D eigenvalue weighted by molar-refractivity contribution is 6.11. The fraction of sp³-hybridized carbons (Fsp3) is 0.239. The number of aryl methyl sites for hydroxylation is 1. The Morgan fingerprint density at radius 1 is 0.529 bits per heavy atom. The second kappa shape index (κ2) is 27.0. The minimum atomic E-state index is -1.25. The number of anilines is 4. The van der Waals surface area contributed by atoms with E-state index in [2.05, 4.69) is 67.3 Å². The molecule has 0 spiro atoms. The summed E-state index contributed by atoms with van der Waals surface area (Å²) in [4.78, 5) is 82.4. The molecule has 0 unspecified atom stereocenters. The van der Waals surface area contributed by atoms with Crippen LogP contribution in [0.25, 0.3) is 43.8 Å². The van der Waals surface area contributed by atoms with Crippen LogP contribution in [0.5, 0.6) is 23.3 Å². The molecule has 5 aromatic carbocycles. The molecule has 0 saturated heterocycles. The van der Waals surface area contributed by atoms with Gasteiger partial charge in [-0.15, -0.1) is 0 Å². The number of nitrogens with zero attached hydrogens (tertiary/aromatic N) is 4. The number of hydrogen-bond acceptors (Lipinski definition) is 15. The normalized spacial score (nSPS) is 11.2. The largest absolute Gasteiger partial charge is 0.497 e. The van der Waals surface area contributed by atoms with E-state index in [0.717, 1.165) is 38.2 Å². The molecule has 0 atom stereocenters. The zero-order valence-corrected chi connectivity index (χ0v) is 50.4. The maximum absolute atomic E-state index is 13.8. The molecular formula is C67H70N10O10. The first-order valence-electron chi connectivity index (χ1n) is 27.7. The van der Waals surface area contributed by atoms with E-state index in [9.17, 15) is 29.1 Å². The van der Waals surface area contributed by atoms with Gasteiger partial charge in [-0.1, -0.05) is 53.7 Å². The fourth-order valence-corrected chi connectivity index (χ4v) is 9.22. The van der Waals surface area contributed by atoms with Crippen LogP contribution >= 0.6 is 0 Å². The summed E-state index contributed by atoms with van der Waals surface area (Å²) in [5.41, 5.74) is 11.3. The van der Waals surface area contributed by atoms with Crippen molar-refractivity contribution < 1.29 is 48.0 Å². The Morgan fingerprint density at radius 3 is 1.57 bits per heavy atom. The van der Waals surface area contributed by atoms with Crippen LogP contribution in [0.4, 0.5) is 23.0 Å². The summed E-state index contributed by atoms with van der Waals surface area (Å²) in [6, 6.07) is 36.5. The number of carboxylic acids is 1. The van der Waals surface area contributed by atoms with Crippen LogP contribution in [0.1, 0.15) is 105 Å². The Hall–Kier alpha value is -10.6. The average Bonchev–Trinajstić information content (AvgIpc) is 1.60. The van der Waals surface area contributed by atoms with E-state index < -0.39 is 23.7 Å². The van der Waals surface area contributed by atoms with Gasteiger partial charge in [-0.25, -0.2) is 24.7 Å². The summed E-state index contributed by atoms with van der Waals surface area (Å²) in [6.45, 7) is 15.5. The lowest BCUT2D eigenvalue weighted by molar-refractivity contribution is 0.0696. The van der Waals surface area contributed by atoms with Crippen LogP contribution in [0.2, 0.25) is 0 Å². The highest BCUT2D eigenvalue weighted by Gasteiger charge is 2.25. The number of pyridine rings is 4. The Kier molecular flexibility index (Phi) is 19.3. The van der Waals surface area contributed by atoms with Crippen molar-refractivity contribution in [3.8, 4) is 45.5 Å². The first-order valence-corrected chi connectivity index (χ1v) is 27.7. The van der Waals surface area contributed by atoms with E-state index in [1.807, 2.05) is 88.4 Å². The van der Waals surface area contributed by atoms with Gasteiger partial charge < -0.3 is 56.4 Å². The van der Waals surface area contributed by atoms with Crippen molar-refractivity contribution >= 4 is 74.2 Å². The number of amides is 4. The second-order valence-electron chi connectivity index (χ2n) is 22.7. The highest BCUT2D eigenvalue weighted by atomic mass is 16.5. The number of benzene rings is 5. The molecule has 0 fully saturated rings. The number of methoxy groups -OCH3 is 4. The standard InChI is InChI=1S/C38H41N5O5.C29H29N5O5/c1-23-18-25(36(44)41-22-38(2,3)4)9-12-29(23)31-14-15-33(48-7)43-34(31)37(45)42-27-10-13-30-24(19-27)16-17-39-35(30)40-21-26-8-11-28(46-5)20-32(26)47-6;1-29(2,3)15-32-26(35)17-5-7-20(22(14-17)28(37)38)21-9-10-23(39-4)34-24(21)27(36)33-18-6-8-19-16(13-18)11-12-31-25(19)30/h8-20H,21-22H2,1-7H3,(H,39,40)(H,41,44)(H,42,45);5-14H,15H2,1-4H3,(H2,30,31)(H,32,35)(H,33,36)(H,37,38). The van der Waals surface area contributed by atoms with E-state index >= 15 is 0 Å². The van der Waals surface area contributed by atoms with Crippen LogP contribution in [0.15, 0.2) is 140 Å². The molecule has 0 aliphatic heterocycles. The number of ether oxygens (including phenoxy) is 4. The lowest BCUT2D eigenvalue weighted by Gasteiger charge is -2.19. The summed E-state index contributed by atoms with van der Waals surface area (Å²) in [7, 11) is 6.17. The number of nitrogens with one attached hydrogen (secondary N) is 5. The van der Waals surface area contributed by atoms with Gasteiger partial charge in [0.15, 0.2) is 0 Å². The third-order valence-electron chi connectivity index (χ3n) is 13.7. The molecule has 4 heterocycles. The lowest BCUT2D eigenvalue weighted by Crippen LogP contribution is -2.32. The van der Waals surface area contributed by atoms with E-state index in [0.29, 0.717) is 71.2 Å². The average molecular weight is 1180 g/mol. The third kappa shape index (κ3) is 15.6. The van der Waals surface area contributed by atoms with Crippen molar-refractivity contribution in [1.82, 2.24) is 30.6 Å². The van der Waals surface area contributed by atoms with Gasteiger partial charge in [0.2, 0.25) is 11.8 Å². The van der Waals surface area contributed by atoms with Crippen LogP contribution in [0.3, 0.4) is 0 Å². The molecule has 9 aromatic rings. The van der Waals surface area contributed by atoms with Gasteiger partial charge in [0.05, 0.1) is 34.0 Å². The Bertz CT molecular complexity index is 4080. The summed E-state index contributed by atoms with van der Waals surface area (Å²) >= 11 is 0. The molecule has 20 nitrogen and oxygen atoms in total. The molecule has 0 radical (unpaired) electrons. The van der Waals surface area contributed by atoms with Crippen molar-refractivity contribution in [2.75, 3.05) is 63.2 Å². The zero-order valence-electron chi connectivity index (χ0n) is 50.4. The van der Waals surface area contributed by atoms with Crippen LogP contribution in [-0.2, 0) is 6.54 Å². The molecule has 8 N–H and O–H groups in total. The molecule has 0 aliphatic rings. The predicted octanol–water partition coefficient (Wildman–Crippen LogP) is 11.9. The summed E-state index contributed by atoms with van der Waals surface area (Å²) in [5.74, 6) is 0.238. The van der Waals surface area contributed by atoms with Gasteiger partial charge in [-0.2, -0.15) is 0 Å². The van der Waals surface area contributed by atoms with E-state index in [1.54, 1.807) is 69.1 Å². The quantitative estimate of drug-likeness (QED) is 0.0420. The van der Waals surface area contributed by atoms with Gasteiger partial charge in [0.1, 0.15) is 34.5 Å². The SMILES string of the molecule is COc1ccc(-c2ccc(C(=O)NCC(C)(C)C)cc2C(=O)O)c(C(=O)Nc2ccc3c(N)nccc3c2)n1.COc1ccc(CNc2nccc3cc(NC(=O)c4nc(OC)ccc4-c4ccc(C(=O)NCC(C)(C)C)cc4C)ccc23)c(OC)c1. The van der Waals surface area contributed by atoms with E-state index in [-0.39, 0.29) is 56.3 Å². The topological polar surface area (TPSA) is 280 Å². The predicted molar refractivity (Wildman–Crippen MR) is 338 cm³/mol. The van der Waals surface area contributed by atoms with Crippen molar-refractivity contribution in [2.45, 2.75) is 55.0 Å². The number of nitrogen functional groups attached to an aromatic ring is 1. The van der Waals surface area contributed by atoms with Crippen molar-refractivity contribution in [2.24, 2.45) is 10.8 Å². The van der Waals surface area contributed by atoms with Crippen LogP contribution in [-0.4, -0.2) is 96.2 Å². The van der Waals surface area contributed by atoms with Crippen LogP contribution < -0.4 is 51.3 Å². The molecule has 0 saturated carbocycles. The summed E-state index contributed by atoms with van der Waals surface area (Å²) in [5, 5.41) is 28.3. The van der Waals surface area contributed by atoms with Gasteiger partial charge in [-0.3, -0.25) is 19.2 Å². The molecule has 4 aromatic heterocycles. The van der Waals surface area contributed by atoms with Crippen LogP contribution in [0, 0.1) is 17.8 Å². The molecule has 0 aliphatic carbocycles.